The standard InChI is InChI=1S/C17H10N2O5/c20-14-8-10-7-9(5-6-13(10)18-14)17(23)24-19-15(21)11-3-1-2-4-12(11)16(19)22/h1-7H,8H2,(H,18,20). The number of benzene rings is 2. The first-order chi connectivity index (χ1) is 11.5. The van der Waals surface area contributed by atoms with Crippen molar-refractivity contribution in [2.45, 2.75) is 6.42 Å². The molecule has 0 unspecified atom stereocenters. The molecule has 2 heterocycles. The lowest BCUT2D eigenvalue weighted by Crippen LogP contribution is -2.32. The number of rotatable bonds is 2. The number of fused-ring (bicyclic) bond motifs is 2. The first-order valence-electron chi connectivity index (χ1n) is 7.17. The zero-order valence-electron chi connectivity index (χ0n) is 12.2. The number of carbonyl (C=O) groups is 4. The predicted octanol–water partition coefficient (Wildman–Crippen LogP) is 1.55. The molecule has 0 atom stereocenters. The van der Waals surface area contributed by atoms with E-state index >= 15 is 0 Å². The quantitative estimate of drug-likeness (QED) is 0.847. The zero-order valence-corrected chi connectivity index (χ0v) is 12.2. The predicted molar refractivity (Wildman–Crippen MR) is 81.1 cm³/mol. The van der Waals surface area contributed by atoms with E-state index in [4.69, 9.17) is 4.84 Å². The Morgan fingerprint density at radius 1 is 1.00 bits per heavy atom. The maximum absolute atomic E-state index is 12.3. The molecule has 0 aliphatic carbocycles. The minimum atomic E-state index is -0.841. The second kappa shape index (κ2) is 5.02. The van der Waals surface area contributed by atoms with Crippen LogP contribution < -0.4 is 5.32 Å². The SMILES string of the molecule is O=C1Cc2cc(C(=O)ON3C(=O)c4ccccc4C3=O)ccc2N1. The van der Waals surface area contributed by atoms with E-state index in [0.717, 1.165) is 0 Å². The minimum absolute atomic E-state index is 0.154. The lowest BCUT2D eigenvalue weighted by atomic mass is 10.1. The number of nitrogens with one attached hydrogen (secondary N) is 1. The van der Waals surface area contributed by atoms with Gasteiger partial charge in [-0.25, -0.2) is 4.79 Å². The van der Waals surface area contributed by atoms with Crippen molar-refractivity contribution in [2.75, 3.05) is 5.32 Å². The molecule has 2 aromatic carbocycles. The zero-order chi connectivity index (χ0) is 16.8. The molecule has 7 nitrogen and oxygen atoms in total. The van der Waals surface area contributed by atoms with Crippen molar-refractivity contribution in [1.82, 2.24) is 5.06 Å². The Hall–Kier alpha value is -3.48. The van der Waals surface area contributed by atoms with Crippen molar-refractivity contribution in [3.63, 3.8) is 0 Å². The molecule has 3 amide bonds. The third-order valence-electron chi connectivity index (χ3n) is 3.90. The first-order valence-corrected chi connectivity index (χ1v) is 7.17. The minimum Gasteiger partial charge on any atom is -0.326 e. The fourth-order valence-electron chi connectivity index (χ4n) is 2.74. The normalized spacial score (nSPS) is 15.2. The summed E-state index contributed by atoms with van der Waals surface area (Å²) in [5, 5.41) is 3.11. The number of anilines is 1. The highest BCUT2D eigenvalue weighted by Crippen LogP contribution is 2.26. The number of hydroxylamine groups is 2. The van der Waals surface area contributed by atoms with Gasteiger partial charge in [0.25, 0.3) is 11.8 Å². The van der Waals surface area contributed by atoms with E-state index in [1.165, 1.54) is 24.3 Å². The third-order valence-corrected chi connectivity index (χ3v) is 3.90. The van der Waals surface area contributed by atoms with Gasteiger partial charge < -0.3 is 10.2 Å². The molecule has 0 aromatic heterocycles. The summed E-state index contributed by atoms with van der Waals surface area (Å²) < 4.78 is 0. The molecule has 118 valence electrons. The van der Waals surface area contributed by atoms with Gasteiger partial charge in [-0.3, -0.25) is 14.4 Å². The molecular formula is C17H10N2O5. The van der Waals surface area contributed by atoms with Crippen molar-refractivity contribution in [3.8, 4) is 0 Å². The Kier molecular flexibility index (Phi) is 2.96. The molecular weight excluding hydrogens is 312 g/mol. The van der Waals surface area contributed by atoms with Gasteiger partial charge in [0, 0.05) is 5.69 Å². The van der Waals surface area contributed by atoms with Crippen LogP contribution in [-0.4, -0.2) is 28.8 Å². The molecule has 2 aromatic rings. The van der Waals surface area contributed by atoms with E-state index in [1.54, 1.807) is 18.2 Å². The van der Waals surface area contributed by atoms with Gasteiger partial charge in [-0.1, -0.05) is 17.2 Å². The van der Waals surface area contributed by atoms with Gasteiger partial charge in [0.15, 0.2) is 0 Å². The van der Waals surface area contributed by atoms with E-state index in [0.29, 0.717) is 16.3 Å². The van der Waals surface area contributed by atoms with Gasteiger partial charge >= 0.3 is 5.97 Å². The van der Waals surface area contributed by atoms with Gasteiger partial charge in [-0.15, -0.1) is 0 Å². The van der Waals surface area contributed by atoms with Gasteiger partial charge in [-0.2, -0.15) is 0 Å². The monoisotopic (exact) mass is 322 g/mol. The summed E-state index contributed by atoms with van der Waals surface area (Å²) in [6, 6.07) is 10.8. The molecule has 0 bridgehead atoms. The smallest absolute Gasteiger partial charge is 0.326 e. The van der Waals surface area contributed by atoms with Crippen molar-refractivity contribution in [3.05, 3.63) is 64.7 Å². The third kappa shape index (κ3) is 2.06. The van der Waals surface area contributed by atoms with Crippen LogP contribution in [0.25, 0.3) is 0 Å². The van der Waals surface area contributed by atoms with Gasteiger partial charge in [0.2, 0.25) is 5.91 Å². The second-order valence-corrected chi connectivity index (χ2v) is 5.43. The van der Waals surface area contributed by atoms with Crippen molar-refractivity contribution < 1.29 is 24.0 Å². The van der Waals surface area contributed by atoms with Crippen LogP contribution in [0.15, 0.2) is 42.5 Å². The highest BCUT2D eigenvalue weighted by Gasteiger charge is 2.38. The molecule has 4 rings (SSSR count). The number of nitrogens with zero attached hydrogens (tertiary/aromatic N) is 1. The molecule has 24 heavy (non-hydrogen) atoms. The molecule has 7 heteroatoms. The van der Waals surface area contributed by atoms with E-state index in [1.807, 2.05) is 0 Å². The van der Waals surface area contributed by atoms with E-state index in [9.17, 15) is 19.2 Å². The van der Waals surface area contributed by atoms with Crippen LogP contribution in [0.4, 0.5) is 5.69 Å². The second-order valence-electron chi connectivity index (χ2n) is 5.43. The molecule has 2 aliphatic heterocycles. The van der Waals surface area contributed by atoms with Crippen molar-refractivity contribution in [2.24, 2.45) is 0 Å². The fraction of sp³-hybridized carbons (Fsp3) is 0.0588. The summed E-state index contributed by atoms with van der Waals surface area (Å²) in [4.78, 5) is 52.9. The lowest BCUT2D eigenvalue weighted by Gasteiger charge is -2.13. The highest BCUT2D eigenvalue weighted by molar-refractivity contribution is 6.21. The maximum Gasteiger partial charge on any atom is 0.363 e. The maximum atomic E-state index is 12.3. The molecule has 0 saturated heterocycles. The summed E-state index contributed by atoms with van der Waals surface area (Å²) in [6.07, 6.45) is 0.170. The fourth-order valence-corrected chi connectivity index (χ4v) is 2.74. The summed E-state index contributed by atoms with van der Waals surface area (Å²) in [7, 11) is 0. The number of hydrogen-bond acceptors (Lipinski definition) is 5. The van der Waals surface area contributed by atoms with Crippen LogP contribution in [0, 0.1) is 0 Å². The molecule has 0 radical (unpaired) electrons. The number of carbonyl (C=O) groups excluding carboxylic acids is 4. The van der Waals surface area contributed by atoms with E-state index in [2.05, 4.69) is 5.32 Å². The Bertz CT molecular complexity index is 899. The Labute approximate surface area is 135 Å². The molecule has 0 saturated carbocycles. The van der Waals surface area contributed by atoms with Gasteiger partial charge in [0.05, 0.1) is 23.1 Å². The first kappa shape index (κ1) is 14.1. The molecule has 0 fully saturated rings. The van der Waals surface area contributed by atoms with Crippen LogP contribution >= 0.6 is 0 Å². The van der Waals surface area contributed by atoms with Gasteiger partial charge in [-0.05, 0) is 35.9 Å². The summed E-state index contributed by atoms with van der Waals surface area (Å²) in [5.41, 5.74) is 1.84. The van der Waals surface area contributed by atoms with E-state index < -0.39 is 17.8 Å². The summed E-state index contributed by atoms with van der Waals surface area (Å²) in [6.45, 7) is 0. The largest absolute Gasteiger partial charge is 0.363 e. The Morgan fingerprint density at radius 2 is 1.67 bits per heavy atom. The Balaban J connectivity index is 1.58. The van der Waals surface area contributed by atoms with E-state index in [-0.39, 0.29) is 29.0 Å². The Morgan fingerprint density at radius 3 is 2.33 bits per heavy atom. The van der Waals surface area contributed by atoms with Crippen LogP contribution in [0.3, 0.4) is 0 Å². The van der Waals surface area contributed by atoms with Crippen LogP contribution in [-0.2, 0) is 16.1 Å². The van der Waals surface area contributed by atoms with Crippen LogP contribution in [0.2, 0.25) is 0 Å². The molecule has 2 aliphatic rings. The number of hydrogen-bond donors (Lipinski definition) is 1. The molecule has 0 spiro atoms. The van der Waals surface area contributed by atoms with Crippen molar-refractivity contribution >= 4 is 29.4 Å². The lowest BCUT2D eigenvalue weighted by molar-refractivity contribution is -0.115. The van der Waals surface area contributed by atoms with Crippen molar-refractivity contribution in [1.29, 1.82) is 0 Å². The average molecular weight is 322 g/mol. The average Bonchev–Trinajstić information content (AvgIpc) is 3.07. The highest BCUT2D eigenvalue weighted by atomic mass is 16.7. The number of imide groups is 1. The number of amides is 3. The molecule has 1 N–H and O–H groups in total. The summed E-state index contributed by atoms with van der Waals surface area (Å²) >= 11 is 0. The van der Waals surface area contributed by atoms with Gasteiger partial charge in [0.1, 0.15) is 0 Å². The van der Waals surface area contributed by atoms with Crippen LogP contribution in [0.1, 0.15) is 36.6 Å². The van der Waals surface area contributed by atoms with Crippen LogP contribution in [0.5, 0.6) is 0 Å². The summed E-state index contributed by atoms with van der Waals surface area (Å²) in [5.74, 6) is -2.36. The topological polar surface area (TPSA) is 92.8 Å².